The molecule has 3 saturated heterocycles. The van der Waals surface area contributed by atoms with Crippen LogP contribution in [0.1, 0.15) is 112 Å². The van der Waals surface area contributed by atoms with Gasteiger partial charge in [-0.1, -0.05) is 39.0 Å². The van der Waals surface area contributed by atoms with Crippen LogP contribution in [-0.4, -0.2) is 105 Å². The third kappa shape index (κ3) is 9.35. The number of unbranched alkanes of at least 4 members (excludes halogenated alkanes) is 1. The van der Waals surface area contributed by atoms with Gasteiger partial charge in [-0.2, -0.15) is 13.2 Å². The monoisotopic (exact) mass is 667 g/mol. The van der Waals surface area contributed by atoms with Crippen molar-refractivity contribution in [3.8, 4) is 0 Å². The highest BCUT2D eigenvalue weighted by molar-refractivity contribution is 5.96. The van der Waals surface area contributed by atoms with Crippen molar-refractivity contribution in [2.75, 3.05) is 39.3 Å². The fourth-order valence-electron chi connectivity index (χ4n) is 8.03. The number of piperidine rings is 2. The van der Waals surface area contributed by atoms with Crippen LogP contribution >= 0.6 is 0 Å². The van der Waals surface area contributed by atoms with E-state index in [-0.39, 0.29) is 17.6 Å². The van der Waals surface area contributed by atoms with E-state index in [1.165, 1.54) is 44.9 Å². The maximum Gasteiger partial charge on any atom is 0.490 e. The molecule has 1 N–H and O–H groups in total. The summed E-state index contributed by atoms with van der Waals surface area (Å²) in [6, 6.07) is 0.481. The molecular formula is C34H52F3N5O5. The second-order valence-electron chi connectivity index (χ2n) is 13.9. The van der Waals surface area contributed by atoms with Gasteiger partial charge in [0.2, 0.25) is 0 Å². The summed E-state index contributed by atoms with van der Waals surface area (Å²) in [4.78, 5) is 51.0. The van der Waals surface area contributed by atoms with Crippen LogP contribution in [0.25, 0.3) is 0 Å². The van der Waals surface area contributed by atoms with Crippen molar-refractivity contribution < 1.29 is 37.4 Å². The van der Waals surface area contributed by atoms with Gasteiger partial charge in [0.1, 0.15) is 11.4 Å². The van der Waals surface area contributed by atoms with Crippen LogP contribution in [0.3, 0.4) is 0 Å². The van der Waals surface area contributed by atoms with E-state index in [9.17, 15) is 22.8 Å². The van der Waals surface area contributed by atoms with Crippen molar-refractivity contribution in [3.63, 3.8) is 0 Å². The number of rotatable bonds is 7. The Labute approximate surface area is 276 Å². The normalized spacial score (nSPS) is 22.9. The molecule has 3 aliphatic heterocycles. The van der Waals surface area contributed by atoms with Gasteiger partial charge in [-0.05, 0) is 58.8 Å². The maximum atomic E-state index is 13.3. The zero-order valence-electron chi connectivity index (χ0n) is 28.4. The number of ether oxygens (including phenoxy) is 1. The first-order chi connectivity index (χ1) is 22.2. The van der Waals surface area contributed by atoms with Gasteiger partial charge in [-0.25, -0.2) is 19.6 Å². The first kappa shape index (κ1) is 36.9. The third-order valence-electron chi connectivity index (χ3n) is 10.6. The smallest absolute Gasteiger partial charge is 0.475 e. The lowest BCUT2D eigenvalue weighted by Crippen LogP contribution is -2.61. The number of alkyl halides is 3. The zero-order chi connectivity index (χ0) is 34.4. The zero-order valence-corrected chi connectivity index (χ0v) is 28.4. The number of halogens is 3. The molecule has 1 aromatic heterocycles. The Morgan fingerprint density at radius 1 is 0.957 bits per heavy atom. The molecule has 2 amide bonds. The topological polar surface area (TPSA) is 116 Å². The van der Waals surface area contributed by atoms with Crippen molar-refractivity contribution >= 4 is 18.0 Å². The van der Waals surface area contributed by atoms with E-state index in [1.807, 2.05) is 25.7 Å². The van der Waals surface area contributed by atoms with E-state index < -0.39 is 12.1 Å². The Balaban J connectivity index is 0.000000644. The Morgan fingerprint density at radius 3 is 2.06 bits per heavy atom. The number of nitrogens with zero attached hydrogens (tertiary/aromatic N) is 5. The van der Waals surface area contributed by atoms with Crippen LogP contribution in [0.5, 0.6) is 0 Å². The van der Waals surface area contributed by atoms with Gasteiger partial charge in [0.25, 0.3) is 5.91 Å². The van der Waals surface area contributed by atoms with Crippen LogP contribution < -0.4 is 0 Å². The van der Waals surface area contributed by atoms with Crippen LogP contribution in [0.2, 0.25) is 0 Å². The molecule has 4 aliphatic rings. The van der Waals surface area contributed by atoms with Gasteiger partial charge in [-0.3, -0.25) is 9.69 Å². The minimum atomic E-state index is -5.08. The molecule has 1 aromatic rings. The highest BCUT2D eigenvalue weighted by atomic mass is 19.4. The molecule has 13 heteroatoms. The van der Waals surface area contributed by atoms with Crippen LogP contribution in [0.4, 0.5) is 18.0 Å². The van der Waals surface area contributed by atoms with Crippen molar-refractivity contribution in [2.24, 2.45) is 11.8 Å². The number of hydrogen-bond donors (Lipinski definition) is 1. The number of carbonyl (C=O) groups excluding carboxylic acids is 2. The summed E-state index contributed by atoms with van der Waals surface area (Å²) in [5, 5.41) is 7.12. The summed E-state index contributed by atoms with van der Waals surface area (Å²) in [6.45, 7) is 13.2. The average Bonchev–Trinajstić information content (AvgIpc) is 3.02. The molecule has 264 valence electrons. The Bertz CT molecular complexity index is 1220. The number of aliphatic carboxylic acids is 1. The SMILES string of the molecule is CCCCC1CN(CC2CCCCC2)C(=O)OC12CCN(C1CCN(C(=O)c3c(C)nc(C)nc3C)CC1)CC2.O=C(O)C(F)(F)F. The van der Waals surface area contributed by atoms with Crippen molar-refractivity contribution in [3.05, 3.63) is 22.8 Å². The summed E-state index contributed by atoms with van der Waals surface area (Å²) >= 11 is 0. The average molecular weight is 668 g/mol. The summed E-state index contributed by atoms with van der Waals surface area (Å²) in [5.74, 6) is -0.901. The van der Waals surface area contributed by atoms with Gasteiger partial charge in [0.05, 0.1) is 17.0 Å². The fourth-order valence-corrected chi connectivity index (χ4v) is 8.03. The second kappa shape index (κ2) is 16.0. The number of amides is 2. The maximum absolute atomic E-state index is 13.3. The predicted octanol–water partition coefficient (Wildman–Crippen LogP) is 6.31. The van der Waals surface area contributed by atoms with Crippen LogP contribution in [0.15, 0.2) is 0 Å². The second-order valence-corrected chi connectivity index (χ2v) is 13.9. The number of aryl methyl sites for hydroxylation is 3. The molecule has 4 heterocycles. The van der Waals surface area contributed by atoms with Gasteiger partial charge in [-0.15, -0.1) is 0 Å². The summed E-state index contributed by atoms with van der Waals surface area (Å²) in [5.41, 5.74) is 1.91. The highest BCUT2D eigenvalue weighted by Crippen LogP contribution is 2.42. The van der Waals surface area contributed by atoms with E-state index >= 15 is 0 Å². The molecule has 1 aliphatic carbocycles. The predicted molar refractivity (Wildman–Crippen MR) is 170 cm³/mol. The minimum absolute atomic E-state index is 0.0655. The van der Waals surface area contributed by atoms with Crippen LogP contribution in [0, 0.1) is 32.6 Å². The van der Waals surface area contributed by atoms with Crippen LogP contribution in [-0.2, 0) is 9.53 Å². The van der Waals surface area contributed by atoms with E-state index in [2.05, 4.69) is 26.7 Å². The molecule has 4 fully saturated rings. The molecule has 1 unspecified atom stereocenters. The lowest BCUT2D eigenvalue weighted by atomic mass is 9.75. The molecule has 5 rings (SSSR count). The number of carboxylic acids is 1. The van der Waals surface area contributed by atoms with Gasteiger partial charge in [0.15, 0.2) is 0 Å². The lowest BCUT2D eigenvalue weighted by molar-refractivity contribution is -0.192. The number of carbonyl (C=O) groups is 3. The van der Waals surface area contributed by atoms with Crippen molar-refractivity contribution in [2.45, 2.75) is 123 Å². The number of hydrogen-bond acceptors (Lipinski definition) is 7. The molecule has 47 heavy (non-hydrogen) atoms. The minimum Gasteiger partial charge on any atom is -0.475 e. The number of carboxylic acid groups (broad SMARTS) is 1. The fraction of sp³-hybridized carbons (Fsp3) is 0.794. The van der Waals surface area contributed by atoms with Crippen molar-refractivity contribution in [1.29, 1.82) is 0 Å². The summed E-state index contributed by atoms with van der Waals surface area (Å²) in [6.07, 6.45) is 8.67. The molecule has 0 aromatic carbocycles. The van der Waals surface area contributed by atoms with E-state index in [1.54, 1.807) is 0 Å². The molecule has 1 spiro atoms. The standard InChI is InChI=1S/C32H51N5O3.C2HF3O2/c1-5-6-12-27-22-37(21-26-10-8-7-9-11-26)31(39)40-32(27)15-19-35(20-16-32)28-13-17-36(18-14-28)30(38)29-23(2)33-25(4)34-24(29)3;3-2(4,5)1(6)7/h26-28H,5-22H2,1-4H3;(H,6,7). The first-order valence-corrected chi connectivity index (χ1v) is 17.4. The van der Waals surface area contributed by atoms with E-state index in [0.717, 1.165) is 82.8 Å². The number of likely N-dealkylation sites (tertiary alicyclic amines) is 2. The van der Waals surface area contributed by atoms with Gasteiger partial charge >= 0.3 is 18.2 Å². The quantitative estimate of drug-likeness (QED) is 0.360. The summed E-state index contributed by atoms with van der Waals surface area (Å²) in [7, 11) is 0. The Morgan fingerprint density at radius 2 is 1.53 bits per heavy atom. The Kier molecular flexibility index (Phi) is 12.5. The molecule has 1 atom stereocenters. The molecule has 1 saturated carbocycles. The van der Waals surface area contributed by atoms with Gasteiger partial charge < -0.3 is 19.6 Å². The summed E-state index contributed by atoms with van der Waals surface area (Å²) < 4.78 is 38.2. The molecule has 0 bridgehead atoms. The van der Waals surface area contributed by atoms with E-state index in [0.29, 0.717) is 29.3 Å². The molecule has 0 radical (unpaired) electrons. The highest BCUT2D eigenvalue weighted by Gasteiger charge is 2.50. The third-order valence-corrected chi connectivity index (χ3v) is 10.6. The number of aromatic nitrogens is 2. The largest absolute Gasteiger partial charge is 0.490 e. The molecule has 10 nitrogen and oxygen atoms in total. The lowest BCUT2D eigenvalue weighted by Gasteiger charge is -2.52. The molecular weight excluding hydrogens is 615 g/mol. The van der Waals surface area contributed by atoms with Gasteiger partial charge in [0, 0.05) is 64.1 Å². The van der Waals surface area contributed by atoms with E-state index in [4.69, 9.17) is 14.6 Å². The Hall–Kier alpha value is -2.96. The first-order valence-electron chi connectivity index (χ1n) is 17.4. The van der Waals surface area contributed by atoms with Crippen molar-refractivity contribution in [1.82, 2.24) is 24.7 Å².